The smallest absolute Gasteiger partial charge is 0.214 e. The van der Waals surface area contributed by atoms with Gasteiger partial charge < -0.3 is 15.2 Å². The van der Waals surface area contributed by atoms with E-state index in [9.17, 15) is 8.42 Å². The summed E-state index contributed by atoms with van der Waals surface area (Å²) in [6, 6.07) is -0.196. The van der Waals surface area contributed by atoms with Crippen molar-refractivity contribution in [3.8, 4) is 0 Å². The molecule has 0 aliphatic carbocycles. The summed E-state index contributed by atoms with van der Waals surface area (Å²) in [5, 5.41) is 0. The van der Waals surface area contributed by atoms with E-state index in [0.717, 1.165) is 0 Å². The Labute approximate surface area is 104 Å². The second kappa shape index (κ2) is 8.82. The number of rotatable bonds is 10. The maximum absolute atomic E-state index is 12.1. The first-order chi connectivity index (χ1) is 7.99. The largest absolute Gasteiger partial charge is 0.383 e. The summed E-state index contributed by atoms with van der Waals surface area (Å²) in [5.74, 6) is 0.0707. The molecular formula is C10H24N2O4S. The van der Waals surface area contributed by atoms with Crippen LogP contribution in [0.5, 0.6) is 0 Å². The van der Waals surface area contributed by atoms with Crippen LogP contribution in [-0.4, -0.2) is 65.0 Å². The van der Waals surface area contributed by atoms with Gasteiger partial charge in [-0.3, -0.25) is 0 Å². The quantitative estimate of drug-likeness (QED) is 0.585. The van der Waals surface area contributed by atoms with E-state index in [-0.39, 0.29) is 11.8 Å². The molecule has 0 radical (unpaired) electrons. The zero-order chi connectivity index (χ0) is 13.3. The van der Waals surface area contributed by atoms with Crippen molar-refractivity contribution in [3.63, 3.8) is 0 Å². The number of ether oxygens (including phenoxy) is 2. The maximum atomic E-state index is 12.1. The van der Waals surface area contributed by atoms with Gasteiger partial charge in [0.1, 0.15) is 0 Å². The first-order valence-electron chi connectivity index (χ1n) is 5.67. The van der Waals surface area contributed by atoms with E-state index in [2.05, 4.69) is 0 Å². The Hall–Kier alpha value is -0.210. The van der Waals surface area contributed by atoms with Gasteiger partial charge >= 0.3 is 0 Å². The van der Waals surface area contributed by atoms with Gasteiger partial charge in [-0.2, -0.15) is 4.31 Å². The van der Waals surface area contributed by atoms with E-state index in [1.165, 1.54) is 4.31 Å². The summed E-state index contributed by atoms with van der Waals surface area (Å²) >= 11 is 0. The molecule has 2 N–H and O–H groups in total. The van der Waals surface area contributed by atoms with Gasteiger partial charge in [-0.1, -0.05) is 0 Å². The van der Waals surface area contributed by atoms with Gasteiger partial charge in [-0.25, -0.2) is 8.42 Å². The van der Waals surface area contributed by atoms with Gasteiger partial charge in [0.2, 0.25) is 10.0 Å². The molecule has 6 nitrogen and oxygen atoms in total. The molecule has 0 heterocycles. The van der Waals surface area contributed by atoms with Crippen LogP contribution in [-0.2, 0) is 19.5 Å². The van der Waals surface area contributed by atoms with Crippen molar-refractivity contribution in [1.82, 2.24) is 4.31 Å². The highest BCUT2D eigenvalue weighted by molar-refractivity contribution is 7.89. The zero-order valence-corrected chi connectivity index (χ0v) is 11.7. The van der Waals surface area contributed by atoms with Gasteiger partial charge in [-0.05, 0) is 19.9 Å². The Morgan fingerprint density at radius 3 is 2.41 bits per heavy atom. The van der Waals surface area contributed by atoms with Crippen molar-refractivity contribution in [1.29, 1.82) is 0 Å². The molecule has 0 aliphatic rings. The first kappa shape index (κ1) is 16.8. The minimum absolute atomic E-state index is 0.0707. The second-order valence-electron chi connectivity index (χ2n) is 3.87. The van der Waals surface area contributed by atoms with E-state index in [1.807, 2.05) is 6.92 Å². The van der Waals surface area contributed by atoms with Gasteiger partial charge in [0.15, 0.2) is 0 Å². The average molecular weight is 268 g/mol. The first-order valence-corrected chi connectivity index (χ1v) is 7.28. The van der Waals surface area contributed by atoms with E-state index in [0.29, 0.717) is 32.7 Å². The summed E-state index contributed by atoms with van der Waals surface area (Å²) in [7, 11) is -0.184. The van der Waals surface area contributed by atoms with Crippen molar-refractivity contribution in [2.75, 3.05) is 46.3 Å². The number of hydrogen-bond donors (Lipinski definition) is 1. The van der Waals surface area contributed by atoms with Crippen LogP contribution in [0.3, 0.4) is 0 Å². The molecule has 7 heteroatoms. The standard InChI is InChI=1S/C10H24N2O4S/c1-10(9-16-3)12(6-7-15-2)17(13,14)8-4-5-11/h10H,4-9,11H2,1-3H3. The van der Waals surface area contributed by atoms with Crippen molar-refractivity contribution < 1.29 is 17.9 Å². The highest BCUT2D eigenvalue weighted by Gasteiger charge is 2.26. The van der Waals surface area contributed by atoms with Gasteiger partial charge in [-0.15, -0.1) is 0 Å². The van der Waals surface area contributed by atoms with Crippen molar-refractivity contribution in [3.05, 3.63) is 0 Å². The fraction of sp³-hybridized carbons (Fsp3) is 1.00. The van der Waals surface area contributed by atoms with E-state index in [4.69, 9.17) is 15.2 Å². The van der Waals surface area contributed by atoms with Crippen molar-refractivity contribution in [2.45, 2.75) is 19.4 Å². The summed E-state index contributed by atoms with van der Waals surface area (Å²) in [6.07, 6.45) is 0.464. The predicted molar refractivity (Wildman–Crippen MR) is 67.4 cm³/mol. The van der Waals surface area contributed by atoms with Crippen LogP contribution in [0.25, 0.3) is 0 Å². The molecule has 0 rings (SSSR count). The molecule has 0 saturated heterocycles. The van der Waals surface area contributed by atoms with Crippen LogP contribution >= 0.6 is 0 Å². The van der Waals surface area contributed by atoms with Crippen LogP contribution in [0.4, 0.5) is 0 Å². The summed E-state index contributed by atoms with van der Waals surface area (Å²) < 4.78 is 35.5. The molecule has 0 amide bonds. The fourth-order valence-corrected chi connectivity index (χ4v) is 3.25. The molecule has 0 saturated carbocycles. The van der Waals surface area contributed by atoms with E-state index in [1.54, 1.807) is 14.2 Å². The predicted octanol–water partition coefficient (Wildman–Crippen LogP) is -0.352. The normalized spacial score (nSPS) is 14.2. The summed E-state index contributed by atoms with van der Waals surface area (Å²) in [6.45, 7) is 3.27. The Kier molecular flexibility index (Phi) is 8.71. The molecule has 17 heavy (non-hydrogen) atoms. The molecule has 0 spiro atoms. The number of sulfonamides is 1. The van der Waals surface area contributed by atoms with Crippen LogP contribution in [0.1, 0.15) is 13.3 Å². The highest BCUT2D eigenvalue weighted by atomic mass is 32.2. The third-order valence-electron chi connectivity index (χ3n) is 2.38. The monoisotopic (exact) mass is 268 g/mol. The zero-order valence-electron chi connectivity index (χ0n) is 10.9. The van der Waals surface area contributed by atoms with Gasteiger partial charge in [0.05, 0.1) is 19.0 Å². The molecular weight excluding hydrogens is 244 g/mol. The van der Waals surface area contributed by atoms with Crippen LogP contribution in [0.2, 0.25) is 0 Å². The van der Waals surface area contributed by atoms with Crippen molar-refractivity contribution in [2.24, 2.45) is 5.73 Å². The van der Waals surface area contributed by atoms with Gasteiger partial charge in [0.25, 0.3) is 0 Å². The number of methoxy groups -OCH3 is 2. The minimum Gasteiger partial charge on any atom is -0.383 e. The van der Waals surface area contributed by atoms with Crippen LogP contribution < -0.4 is 5.73 Å². The van der Waals surface area contributed by atoms with Crippen LogP contribution in [0.15, 0.2) is 0 Å². The molecule has 0 aromatic heterocycles. The topological polar surface area (TPSA) is 81.9 Å². The Balaban J connectivity index is 4.64. The Bertz CT molecular complexity index is 282. The second-order valence-corrected chi connectivity index (χ2v) is 5.91. The summed E-state index contributed by atoms with van der Waals surface area (Å²) in [4.78, 5) is 0. The lowest BCUT2D eigenvalue weighted by atomic mass is 10.3. The molecule has 0 aliphatic heterocycles. The van der Waals surface area contributed by atoms with E-state index >= 15 is 0 Å². The molecule has 0 aromatic rings. The molecule has 1 atom stereocenters. The Morgan fingerprint density at radius 2 is 1.94 bits per heavy atom. The maximum Gasteiger partial charge on any atom is 0.214 e. The van der Waals surface area contributed by atoms with E-state index < -0.39 is 10.0 Å². The highest BCUT2D eigenvalue weighted by Crippen LogP contribution is 2.09. The van der Waals surface area contributed by atoms with Crippen LogP contribution in [0, 0.1) is 0 Å². The molecule has 104 valence electrons. The Morgan fingerprint density at radius 1 is 1.29 bits per heavy atom. The molecule has 0 bridgehead atoms. The lowest BCUT2D eigenvalue weighted by Gasteiger charge is -2.27. The average Bonchev–Trinajstić information content (AvgIpc) is 2.27. The lowest BCUT2D eigenvalue weighted by Crippen LogP contribution is -2.44. The fourth-order valence-electron chi connectivity index (χ4n) is 1.52. The lowest BCUT2D eigenvalue weighted by molar-refractivity contribution is 0.119. The minimum atomic E-state index is -3.28. The summed E-state index contributed by atoms with van der Waals surface area (Å²) in [5.41, 5.74) is 5.34. The number of nitrogens with zero attached hydrogens (tertiary/aromatic N) is 1. The number of nitrogens with two attached hydrogens (primary N) is 1. The molecule has 0 fully saturated rings. The molecule has 0 aromatic carbocycles. The third kappa shape index (κ3) is 6.32. The number of hydrogen-bond acceptors (Lipinski definition) is 5. The third-order valence-corrected chi connectivity index (χ3v) is 4.44. The van der Waals surface area contributed by atoms with Gasteiger partial charge in [0, 0.05) is 26.8 Å². The SMILES string of the molecule is COCCN(C(C)COC)S(=O)(=O)CCCN. The van der Waals surface area contributed by atoms with Crippen molar-refractivity contribution >= 4 is 10.0 Å². The molecule has 1 unspecified atom stereocenters.